The van der Waals surface area contributed by atoms with Gasteiger partial charge in [-0.05, 0) is 42.7 Å². The summed E-state index contributed by atoms with van der Waals surface area (Å²) in [5.74, 6) is 1.18. The molecule has 0 radical (unpaired) electrons. The molecule has 3 rings (SSSR count). The molecule has 1 saturated carbocycles. The van der Waals surface area contributed by atoms with Gasteiger partial charge >= 0.3 is 0 Å². The first-order valence-corrected chi connectivity index (χ1v) is 7.94. The highest BCUT2D eigenvalue weighted by Gasteiger charge is 2.26. The van der Waals surface area contributed by atoms with E-state index in [9.17, 15) is 5.11 Å². The first-order chi connectivity index (χ1) is 9.28. The summed E-state index contributed by atoms with van der Waals surface area (Å²) in [6.07, 6.45) is 7.74. The Kier molecular flexibility index (Phi) is 3.51. The Morgan fingerprint density at radius 3 is 3.05 bits per heavy atom. The zero-order valence-electron chi connectivity index (χ0n) is 11.0. The van der Waals surface area contributed by atoms with Crippen LogP contribution in [0.3, 0.4) is 0 Å². The molecular formula is C15H18N2OS. The van der Waals surface area contributed by atoms with Crippen molar-refractivity contribution in [3.05, 3.63) is 30.5 Å². The Morgan fingerprint density at radius 2 is 2.21 bits per heavy atom. The highest BCUT2D eigenvalue weighted by Crippen LogP contribution is 2.32. The van der Waals surface area contributed by atoms with E-state index in [0.29, 0.717) is 11.3 Å². The molecule has 0 aliphatic heterocycles. The Balaban J connectivity index is 1.94. The van der Waals surface area contributed by atoms with Crippen LogP contribution in [0.2, 0.25) is 0 Å². The molecule has 1 fully saturated rings. The molecule has 2 N–H and O–H groups in total. The fourth-order valence-corrected chi connectivity index (χ4v) is 3.76. The van der Waals surface area contributed by atoms with Crippen molar-refractivity contribution in [3.63, 3.8) is 0 Å². The monoisotopic (exact) mass is 274 g/mol. The van der Waals surface area contributed by atoms with Gasteiger partial charge in [-0.2, -0.15) is 11.8 Å². The summed E-state index contributed by atoms with van der Waals surface area (Å²) < 4.78 is 0. The SMILES string of the molecule is CSC1CCCC1Nc1nccc2ccc(O)cc12. The van der Waals surface area contributed by atoms with Crippen LogP contribution in [-0.2, 0) is 0 Å². The second-order valence-electron chi connectivity index (χ2n) is 5.02. The van der Waals surface area contributed by atoms with Crippen LogP contribution >= 0.6 is 11.8 Å². The normalized spacial score (nSPS) is 22.8. The average Bonchev–Trinajstić information content (AvgIpc) is 2.87. The number of aromatic hydroxyl groups is 1. The van der Waals surface area contributed by atoms with E-state index in [4.69, 9.17) is 0 Å². The Morgan fingerprint density at radius 1 is 1.32 bits per heavy atom. The summed E-state index contributed by atoms with van der Waals surface area (Å²) in [5.41, 5.74) is 0. The molecule has 2 aromatic rings. The van der Waals surface area contributed by atoms with Crippen LogP contribution in [0, 0.1) is 0 Å². The number of phenols is 1. The molecule has 0 amide bonds. The van der Waals surface area contributed by atoms with Crippen molar-refractivity contribution >= 4 is 28.4 Å². The van der Waals surface area contributed by atoms with Gasteiger partial charge in [-0.25, -0.2) is 4.98 Å². The molecule has 0 spiro atoms. The van der Waals surface area contributed by atoms with Crippen molar-refractivity contribution in [2.75, 3.05) is 11.6 Å². The van der Waals surface area contributed by atoms with Crippen LogP contribution in [0.1, 0.15) is 19.3 Å². The highest BCUT2D eigenvalue weighted by molar-refractivity contribution is 7.99. The van der Waals surface area contributed by atoms with E-state index < -0.39 is 0 Å². The predicted molar refractivity (Wildman–Crippen MR) is 82.0 cm³/mol. The Labute approximate surface area is 117 Å². The summed E-state index contributed by atoms with van der Waals surface area (Å²) >= 11 is 1.93. The second kappa shape index (κ2) is 5.29. The van der Waals surface area contributed by atoms with E-state index in [1.165, 1.54) is 19.3 Å². The fourth-order valence-electron chi connectivity index (χ4n) is 2.82. The number of hydrogen-bond acceptors (Lipinski definition) is 4. The smallest absolute Gasteiger partial charge is 0.134 e. The van der Waals surface area contributed by atoms with Crippen LogP contribution in [0.5, 0.6) is 5.75 Å². The lowest BCUT2D eigenvalue weighted by atomic mass is 10.1. The van der Waals surface area contributed by atoms with Crippen molar-refractivity contribution < 1.29 is 5.11 Å². The van der Waals surface area contributed by atoms with Gasteiger partial charge in [-0.15, -0.1) is 0 Å². The second-order valence-corrected chi connectivity index (χ2v) is 6.10. The van der Waals surface area contributed by atoms with E-state index in [1.54, 1.807) is 12.1 Å². The molecule has 1 heterocycles. The molecule has 3 nitrogen and oxygen atoms in total. The molecule has 100 valence electrons. The van der Waals surface area contributed by atoms with Crippen molar-refractivity contribution in [1.29, 1.82) is 0 Å². The Hall–Kier alpha value is -1.42. The minimum absolute atomic E-state index is 0.288. The molecule has 0 bridgehead atoms. The van der Waals surface area contributed by atoms with Gasteiger partial charge in [0, 0.05) is 22.9 Å². The number of rotatable bonds is 3. The zero-order valence-corrected chi connectivity index (χ0v) is 11.8. The molecule has 2 unspecified atom stereocenters. The lowest BCUT2D eigenvalue weighted by molar-refractivity contribution is 0.476. The number of aromatic nitrogens is 1. The molecule has 1 aliphatic rings. The molecule has 19 heavy (non-hydrogen) atoms. The number of benzene rings is 1. The number of nitrogens with zero attached hydrogens (tertiary/aromatic N) is 1. The van der Waals surface area contributed by atoms with Crippen LogP contribution < -0.4 is 5.32 Å². The molecule has 2 atom stereocenters. The minimum atomic E-state index is 0.288. The fraction of sp³-hybridized carbons (Fsp3) is 0.400. The van der Waals surface area contributed by atoms with Crippen LogP contribution in [0.4, 0.5) is 5.82 Å². The number of hydrogen-bond donors (Lipinski definition) is 2. The number of pyridine rings is 1. The maximum Gasteiger partial charge on any atom is 0.134 e. The van der Waals surface area contributed by atoms with Gasteiger partial charge in [-0.3, -0.25) is 0 Å². The predicted octanol–water partition coefficient (Wildman–Crippen LogP) is 3.64. The number of anilines is 1. The van der Waals surface area contributed by atoms with Crippen molar-refractivity contribution in [2.45, 2.75) is 30.6 Å². The number of phenolic OH excluding ortho intramolecular Hbond substituents is 1. The molecule has 1 aliphatic carbocycles. The summed E-state index contributed by atoms with van der Waals surface area (Å²) in [7, 11) is 0. The number of nitrogens with one attached hydrogen (secondary N) is 1. The third kappa shape index (κ3) is 2.50. The first kappa shape index (κ1) is 12.6. The lowest BCUT2D eigenvalue weighted by Crippen LogP contribution is -2.26. The van der Waals surface area contributed by atoms with Gasteiger partial charge in [0.1, 0.15) is 11.6 Å². The number of fused-ring (bicyclic) bond motifs is 1. The molecule has 1 aromatic heterocycles. The highest BCUT2D eigenvalue weighted by atomic mass is 32.2. The standard InChI is InChI=1S/C15H18N2OS/c1-19-14-4-2-3-13(14)17-15-12-9-11(18)6-5-10(12)7-8-16-15/h5-9,13-14,18H,2-4H2,1H3,(H,16,17). The number of thioether (sulfide) groups is 1. The maximum atomic E-state index is 9.65. The third-order valence-corrected chi connectivity index (χ3v) is 5.00. The van der Waals surface area contributed by atoms with Crippen molar-refractivity contribution in [1.82, 2.24) is 4.98 Å². The summed E-state index contributed by atoms with van der Waals surface area (Å²) in [5, 5.41) is 16.0. The molecule has 0 saturated heterocycles. The van der Waals surface area contributed by atoms with E-state index in [0.717, 1.165) is 16.6 Å². The van der Waals surface area contributed by atoms with Crippen molar-refractivity contribution in [2.24, 2.45) is 0 Å². The summed E-state index contributed by atoms with van der Waals surface area (Å²) in [6, 6.07) is 7.88. The van der Waals surface area contributed by atoms with Gasteiger partial charge in [0.15, 0.2) is 0 Å². The van der Waals surface area contributed by atoms with Gasteiger partial charge in [0.05, 0.1) is 0 Å². The van der Waals surface area contributed by atoms with Gasteiger partial charge in [0.25, 0.3) is 0 Å². The van der Waals surface area contributed by atoms with Gasteiger partial charge in [-0.1, -0.05) is 12.5 Å². The average molecular weight is 274 g/mol. The molecular weight excluding hydrogens is 256 g/mol. The van der Waals surface area contributed by atoms with E-state index in [-0.39, 0.29) is 5.75 Å². The molecule has 1 aromatic carbocycles. The minimum Gasteiger partial charge on any atom is -0.508 e. The van der Waals surface area contributed by atoms with Gasteiger partial charge < -0.3 is 10.4 Å². The summed E-state index contributed by atoms with van der Waals surface area (Å²) in [6.45, 7) is 0. The van der Waals surface area contributed by atoms with Crippen molar-refractivity contribution in [3.8, 4) is 5.75 Å². The quantitative estimate of drug-likeness (QED) is 0.897. The van der Waals surface area contributed by atoms with E-state index >= 15 is 0 Å². The van der Waals surface area contributed by atoms with Gasteiger partial charge in [0.2, 0.25) is 0 Å². The Bertz CT molecular complexity index is 587. The zero-order chi connectivity index (χ0) is 13.2. The summed E-state index contributed by atoms with van der Waals surface area (Å²) in [4.78, 5) is 4.45. The van der Waals surface area contributed by atoms with Crippen LogP contribution in [0.25, 0.3) is 10.8 Å². The van der Waals surface area contributed by atoms with Crippen LogP contribution in [-0.4, -0.2) is 27.6 Å². The lowest BCUT2D eigenvalue weighted by Gasteiger charge is -2.20. The largest absolute Gasteiger partial charge is 0.508 e. The maximum absolute atomic E-state index is 9.65. The van der Waals surface area contributed by atoms with Crippen LogP contribution in [0.15, 0.2) is 30.5 Å². The topological polar surface area (TPSA) is 45.2 Å². The third-order valence-electron chi connectivity index (χ3n) is 3.83. The first-order valence-electron chi connectivity index (χ1n) is 6.65. The van der Waals surface area contributed by atoms with E-state index in [1.807, 2.05) is 30.1 Å². The van der Waals surface area contributed by atoms with E-state index in [2.05, 4.69) is 16.6 Å². The molecule has 4 heteroatoms.